The first-order valence-electron chi connectivity index (χ1n) is 8.56. The highest BCUT2D eigenvalue weighted by Crippen LogP contribution is 2.08. The maximum absolute atomic E-state index is 12.1. The summed E-state index contributed by atoms with van der Waals surface area (Å²) in [5, 5.41) is 5.38. The highest BCUT2D eigenvalue weighted by Gasteiger charge is 2.20. The van der Waals surface area contributed by atoms with Gasteiger partial charge in [-0.15, -0.1) is 0 Å². The molecule has 140 valence electrons. The standard InChI is InChI=1S/C19H31N3O3/c1-14(21-18(24)25-19(2,3)4)17(23)20-11-10-15-8-7-9-16(12-15)13-22(5)6/h7-9,12,14H,10-11,13H2,1-6H3,(H,20,23)(H,21,24)/t14-/m1/s1. The van der Waals surface area contributed by atoms with Crippen LogP contribution in [-0.4, -0.2) is 49.2 Å². The number of carbonyl (C=O) groups excluding carboxylic acids is 2. The Morgan fingerprint density at radius 2 is 1.84 bits per heavy atom. The van der Waals surface area contributed by atoms with E-state index >= 15 is 0 Å². The van der Waals surface area contributed by atoms with E-state index < -0.39 is 17.7 Å². The minimum Gasteiger partial charge on any atom is -0.444 e. The highest BCUT2D eigenvalue weighted by atomic mass is 16.6. The lowest BCUT2D eigenvalue weighted by molar-refractivity contribution is -0.122. The predicted molar refractivity (Wildman–Crippen MR) is 99.4 cm³/mol. The molecule has 6 heteroatoms. The smallest absolute Gasteiger partial charge is 0.408 e. The Morgan fingerprint density at radius 1 is 1.20 bits per heavy atom. The molecule has 0 saturated heterocycles. The molecule has 0 heterocycles. The Hall–Kier alpha value is -2.08. The van der Waals surface area contributed by atoms with E-state index in [0.717, 1.165) is 13.0 Å². The van der Waals surface area contributed by atoms with E-state index in [9.17, 15) is 9.59 Å². The zero-order chi connectivity index (χ0) is 19.0. The summed E-state index contributed by atoms with van der Waals surface area (Å²) in [5.41, 5.74) is 1.83. The van der Waals surface area contributed by atoms with Crippen LogP contribution in [0, 0.1) is 0 Å². The third-order valence-corrected chi connectivity index (χ3v) is 3.33. The molecular weight excluding hydrogens is 318 g/mol. The third kappa shape index (κ3) is 9.10. The van der Waals surface area contributed by atoms with Gasteiger partial charge in [-0.2, -0.15) is 0 Å². The van der Waals surface area contributed by atoms with Crippen LogP contribution in [0.1, 0.15) is 38.8 Å². The van der Waals surface area contributed by atoms with E-state index in [2.05, 4.69) is 27.7 Å². The van der Waals surface area contributed by atoms with Gasteiger partial charge >= 0.3 is 6.09 Å². The average Bonchev–Trinajstić information content (AvgIpc) is 2.44. The van der Waals surface area contributed by atoms with Crippen molar-refractivity contribution in [3.63, 3.8) is 0 Å². The summed E-state index contributed by atoms with van der Waals surface area (Å²) in [6.07, 6.45) is 0.151. The quantitative estimate of drug-likeness (QED) is 0.792. The number of carbonyl (C=O) groups is 2. The first-order chi connectivity index (χ1) is 11.6. The Bertz CT molecular complexity index is 580. The largest absolute Gasteiger partial charge is 0.444 e. The minimum atomic E-state index is -0.644. The summed E-state index contributed by atoms with van der Waals surface area (Å²) >= 11 is 0. The maximum atomic E-state index is 12.1. The molecule has 1 aromatic carbocycles. The average molecular weight is 349 g/mol. The van der Waals surface area contributed by atoms with Crippen molar-refractivity contribution < 1.29 is 14.3 Å². The highest BCUT2D eigenvalue weighted by molar-refractivity contribution is 5.85. The van der Waals surface area contributed by atoms with Gasteiger partial charge in [0.2, 0.25) is 5.91 Å². The summed E-state index contributed by atoms with van der Waals surface area (Å²) in [6, 6.07) is 7.68. The second-order valence-corrected chi connectivity index (χ2v) is 7.47. The zero-order valence-electron chi connectivity index (χ0n) is 16.2. The van der Waals surface area contributed by atoms with Crippen molar-refractivity contribution >= 4 is 12.0 Å². The van der Waals surface area contributed by atoms with Gasteiger partial charge in [-0.05, 0) is 59.3 Å². The molecule has 2 amide bonds. The Morgan fingerprint density at radius 3 is 2.44 bits per heavy atom. The number of ether oxygens (including phenoxy) is 1. The van der Waals surface area contributed by atoms with Gasteiger partial charge in [0.15, 0.2) is 0 Å². The van der Waals surface area contributed by atoms with Crippen LogP contribution in [0.25, 0.3) is 0 Å². The number of hydrogen-bond donors (Lipinski definition) is 2. The number of nitrogens with zero attached hydrogens (tertiary/aromatic N) is 1. The van der Waals surface area contributed by atoms with Crippen LogP contribution >= 0.6 is 0 Å². The fourth-order valence-electron chi connectivity index (χ4n) is 2.28. The van der Waals surface area contributed by atoms with Crippen LogP contribution < -0.4 is 10.6 Å². The van der Waals surface area contributed by atoms with Gasteiger partial charge < -0.3 is 20.3 Å². The van der Waals surface area contributed by atoms with Gasteiger partial charge in [0.05, 0.1) is 0 Å². The Balaban J connectivity index is 2.40. The van der Waals surface area contributed by atoms with Crippen molar-refractivity contribution in [3.05, 3.63) is 35.4 Å². The molecule has 0 saturated carbocycles. The monoisotopic (exact) mass is 349 g/mol. The second kappa shape index (κ2) is 9.42. The summed E-state index contributed by atoms with van der Waals surface area (Å²) in [4.78, 5) is 25.9. The van der Waals surface area contributed by atoms with E-state index in [1.165, 1.54) is 11.1 Å². The lowest BCUT2D eigenvalue weighted by Crippen LogP contribution is -2.46. The van der Waals surface area contributed by atoms with E-state index in [-0.39, 0.29) is 5.91 Å². The summed E-state index contributed by atoms with van der Waals surface area (Å²) in [6.45, 7) is 8.38. The van der Waals surface area contributed by atoms with Crippen LogP contribution in [0.2, 0.25) is 0 Å². The van der Waals surface area contributed by atoms with Crippen molar-refractivity contribution in [3.8, 4) is 0 Å². The zero-order valence-corrected chi connectivity index (χ0v) is 16.2. The molecule has 0 bridgehead atoms. The normalized spacial score (nSPS) is 12.6. The molecular formula is C19H31N3O3. The van der Waals surface area contributed by atoms with Gasteiger partial charge in [0.25, 0.3) is 0 Å². The second-order valence-electron chi connectivity index (χ2n) is 7.47. The van der Waals surface area contributed by atoms with Crippen molar-refractivity contribution in [2.24, 2.45) is 0 Å². The first-order valence-corrected chi connectivity index (χ1v) is 8.56. The van der Waals surface area contributed by atoms with Crippen LogP contribution in [0.15, 0.2) is 24.3 Å². The predicted octanol–water partition coefficient (Wildman–Crippen LogP) is 2.32. The van der Waals surface area contributed by atoms with E-state index in [1.807, 2.05) is 26.2 Å². The van der Waals surface area contributed by atoms with Crippen LogP contribution in [0.5, 0.6) is 0 Å². The summed E-state index contributed by atoms with van der Waals surface area (Å²) < 4.78 is 5.14. The molecule has 0 fully saturated rings. The van der Waals surface area contributed by atoms with Gasteiger partial charge in [-0.1, -0.05) is 24.3 Å². The van der Waals surface area contributed by atoms with Gasteiger partial charge in [0, 0.05) is 13.1 Å². The molecule has 1 aromatic rings. The fraction of sp³-hybridized carbons (Fsp3) is 0.579. The van der Waals surface area contributed by atoms with E-state index in [0.29, 0.717) is 6.54 Å². The van der Waals surface area contributed by atoms with Crippen LogP contribution in [0.4, 0.5) is 4.79 Å². The molecule has 2 N–H and O–H groups in total. The van der Waals surface area contributed by atoms with Crippen LogP contribution in [0.3, 0.4) is 0 Å². The molecule has 25 heavy (non-hydrogen) atoms. The molecule has 0 unspecified atom stereocenters. The Labute approximate surface area is 150 Å². The van der Waals surface area contributed by atoms with Gasteiger partial charge in [-0.25, -0.2) is 4.79 Å². The molecule has 0 aliphatic heterocycles. The molecule has 0 aliphatic rings. The lowest BCUT2D eigenvalue weighted by atomic mass is 10.1. The topological polar surface area (TPSA) is 70.7 Å². The Kier molecular flexibility index (Phi) is 7.90. The molecule has 1 atom stereocenters. The van der Waals surface area contributed by atoms with Crippen molar-refractivity contribution in [1.82, 2.24) is 15.5 Å². The van der Waals surface area contributed by atoms with Crippen LogP contribution in [-0.2, 0) is 22.5 Å². The molecule has 6 nitrogen and oxygen atoms in total. The SMILES string of the molecule is C[C@@H](NC(=O)OC(C)(C)C)C(=O)NCCc1cccc(CN(C)C)c1. The van der Waals surface area contributed by atoms with E-state index in [4.69, 9.17) is 4.74 Å². The lowest BCUT2D eigenvalue weighted by Gasteiger charge is -2.21. The molecule has 0 radical (unpaired) electrons. The first kappa shape index (κ1) is 21.0. The molecule has 0 spiro atoms. The summed E-state index contributed by atoms with van der Waals surface area (Å²) in [7, 11) is 4.07. The fourth-order valence-corrected chi connectivity index (χ4v) is 2.28. The van der Waals surface area contributed by atoms with Crippen molar-refractivity contribution in [2.45, 2.75) is 52.3 Å². The summed E-state index contributed by atoms with van der Waals surface area (Å²) in [5.74, 6) is -0.227. The van der Waals surface area contributed by atoms with Crippen molar-refractivity contribution in [1.29, 1.82) is 0 Å². The van der Waals surface area contributed by atoms with Crippen molar-refractivity contribution in [2.75, 3.05) is 20.6 Å². The van der Waals surface area contributed by atoms with E-state index in [1.54, 1.807) is 27.7 Å². The van der Waals surface area contributed by atoms with Gasteiger partial charge in [0.1, 0.15) is 11.6 Å². The third-order valence-electron chi connectivity index (χ3n) is 3.33. The number of amides is 2. The maximum Gasteiger partial charge on any atom is 0.408 e. The minimum absolute atomic E-state index is 0.227. The number of benzene rings is 1. The number of hydrogen-bond acceptors (Lipinski definition) is 4. The molecule has 0 aromatic heterocycles. The molecule has 1 rings (SSSR count). The number of rotatable bonds is 7. The van der Waals surface area contributed by atoms with Gasteiger partial charge in [-0.3, -0.25) is 4.79 Å². The number of nitrogens with one attached hydrogen (secondary N) is 2. The number of alkyl carbamates (subject to hydrolysis) is 1. The molecule has 0 aliphatic carbocycles.